The number of halogens is 3. The van der Waals surface area contributed by atoms with Gasteiger partial charge in [-0.3, -0.25) is 4.79 Å². The van der Waals surface area contributed by atoms with Crippen molar-refractivity contribution in [2.75, 3.05) is 0 Å². The van der Waals surface area contributed by atoms with Gasteiger partial charge in [0.2, 0.25) is 0 Å². The summed E-state index contributed by atoms with van der Waals surface area (Å²) >= 11 is 2.97. The third kappa shape index (κ3) is 1.82. The molecule has 74 valence electrons. The number of pyridine rings is 1. The van der Waals surface area contributed by atoms with Crippen molar-refractivity contribution in [3.05, 3.63) is 33.2 Å². The number of aromatic nitrogens is 1. The Morgan fingerprint density at radius 1 is 1.64 bits per heavy atom. The molecule has 0 bridgehead atoms. The van der Waals surface area contributed by atoms with Gasteiger partial charge in [-0.1, -0.05) is 15.9 Å². The molecule has 0 saturated heterocycles. The van der Waals surface area contributed by atoms with Crippen molar-refractivity contribution in [2.45, 2.75) is 11.8 Å². The van der Waals surface area contributed by atoms with E-state index in [0.29, 0.717) is 0 Å². The van der Waals surface area contributed by atoms with Crippen LogP contribution in [0.1, 0.15) is 23.1 Å². The summed E-state index contributed by atoms with van der Waals surface area (Å²) in [5.41, 5.74) is -1.18. The number of rotatable bonds is 2. The van der Waals surface area contributed by atoms with Crippen molar-refractivity contribution < 1.29 is 8.78 Å². The SMILES string of the molecule is N#Cc1c(CBr)c(C(F)F)c[nH]c1=O. The smallest absolute Gasteiger partial charge is 0.266 e. The van der Waals surface area contributed by atoms with E-state index in [1.807, 2.05) is 0 Å². The van der Waals surface area contributed by atoms with Crippen LogP contribution in [0.4, 0.5) is 8.78 Å². The highest BCUT2D eigenvalue weighted by atomic mass is 79.9. The van der Waals surface area contributed by atoms with E-state index < -0.39 is 12.0 Å². The minimum absolute atomic E-state index is 0.0475. The van der Waals surface area contributed by atoms with Crippen LogP contribution in [0.5, 0.6) is 0 Å². The molecule has 0 unspecified atom stereocenters. The molecule has 1 aromatic rings. The minimum atomic E-state index is -2.70. The Bertz CT molecular complexity index is 436. The second-order valence-corrected chi connectivity index (χ2v) is 3.03. The summed E-state index contributed by atoms with van der Waals surface area (Å²) in [4.78, 5) is 13.2. The lowest BCUT2D eigenvalue weighted by atomic mass is 10.1. The molecule has 14 heavy (non-hydrogen) atoms. The average molecular weight is 263 g/mol. The number of nitrogens with zero attached hydrogens (tertiary/aromatic N) is 1. The van der Waals surface area contributed by atoms with Crippen molar-refractivity contribution in [1.29, 1.82) is 5.26 Å². The first kappa shape index (κ1) is 10.9. The van der Waals surface area contributed by atoms with Crippen molar-refractivity contribution in [3.8, 4) is 6.07 Å². The lowest BCUT2D eigenvalue weighted by molar-refractivity contribution is 0.150. The fraction of sp³-hybridized carbons (Fsp3) is 0.250. The van der Waals surface area contributed by atoms with Crippen LogP contribution in [0, 0.1) is 11.3 Å². The van der Waals surface area contributed by atoms with Gasteiger partial charge < -0.3 is 4.98 Å². The van der Waals surface area contributed by atoms with E-state index in [1.165, 1.54) is 0 Å². The van der Waals surface area contributed by atoms with E-state index in [0.717, 1.165) is 6.20 Å². The molecule has 0 aromatic carbocycles. The quantitative estimate of drug-likeness (QED) is 0.830. The van der Waals surface area contributed by atoms with Crippen LogP contribution in [0.15, 0.2) is 11.0 Å². The number of hydrogen-bond acceptors (Lipinski definition) is 2. The van der Waals surface area contributed by atoms with E-state index >= 15 is 0 Å². The molecule has 3 nitrogen and oxygen atoms in total. The second-order valence-electron chi connectivity index (χ2n) is 2.47. The van der Waals surface area contributed by atoms with Gasteiger partial charge in [0.25, 0.3) is 12.0 Å². The molecule has 0 radical (unpaired) electrons. The van der Waals surface area contributed by atoms with Gasteiger partial charge in [0.15, 0.2) is 0 Å². The molecule has 0 atom stereocenters. The van der Waals surface area contributed by atoms with Gasteiger partial charge in [0.1, 0.15) is 11.6 Å². The first-order valence-corrected chi connectivity index (χ1v) is 4.72. The number of nitriles is 1. The maximum Gasteiger partial charge on any atom is 0.266 e. The second kappa shape index (κ2) is 4.33. The van der Waals surface area contributed by atoms with Gasteiger partial charge in [-0.25, -0.2) is 8.78 Å². The molecule has 0 fully saturated rings. The lowest BCUT2D eigenvalue weighted by Gasteiger charge is -2.06. The van der Waals surface area contributed by atoms with Crippen LogP contribution in [-0.2, 0) is 5.33 Å². The Kier molecular flexibility index (Phi) is 3.36. The number of alkyl halides is 3. The molecule has 0 aliphatic carbocycles. The molecule has 1 heterocycles. The van der Waals surface area contributed by atoms with Gasteiger partial charge in [0, 0.05) is 17.1 Å². The maximum absolute atomic E-state index is 12.4. The molecule has 0 aliphatic rings. The third-order valence-electron chi connectivity index (χ3n) is 1.72. The molecule has 0 amide bonds. The predicted molar refractivity (Wildman–Crippen MR) is 49.4 cm³/mol. The molecule has 1 rings (SSSR count). The van der Waals surface area contributed by atoms with Crippen LogP contribution < -0.4 is 5.56 Å². The Hall–Kier alpha value is -1.22. The van der Waals surface area contributed by atoms with Crippen LogP contribution in [0.3, 0.4) is 0 Å². The Balaban J connectivity index is 3.51. The summed E-state index contributed by atoms with van der Waals surface area (Å²) in [6.45, 7) is 0. The van der Waals surface area contributed by atoms with E-state index in [9.17, 15) is 13.6 Å². The number of H-pyrrole nitrogens is 1. The van der Waals surface area contributed by atoms with Crippen molar-refractivity contribution >= 4 is 15.9 Å². The van der Waals surface area contributed by atoms with Gasteiger partial charge in [-0.15, -0.1) is 0 Å². The van der Waals surface area contributed by atoms with Crippen LogP contribution in [-0.4, -0.2) is 4.98 Å². The topological polar surface area (TPSA) is 56.6 Å². The minimum Gasteiger partial charge on any atom is -0.327 e. The predicted octanol–water partition coefficient (Wildman–Crippen LogP) is 2.08. The van der Waals surface area contributed by atoms with Crippen LogP contribution in [0.2, 0.25) is 0 Å². The summed E-state index contributed by atoms with van der Waals surface area (Å²) < 4.78 is 24.8. The molecule has 0 saturated carbocycles. The number of aromatic amines is 1. The molecule has 0 aliphatic heterocycles. The Labute approximate surface area is 86.5 Å². The Morgan fingerprint density at radius 2 is 2.29 bits per heavy atom. The molecule has 0 spiro atoms. The fourth-order valence-electron chi connectivity index (χ4n) is 1.04. The first-order valence-electron chi connectivity index (χ1n) is 3.60. The monoisotopic (exact) mass is 262 g/mol. The van der Waals surface area contributed by atoms with Crippen molar-refractivity contribution in [1.82, 2.24) is 4.98 Å². The number of nitrogens with one attached hydrogen (secondary N) is 1. The molecule has 1 aromatic heterocycles. The van der Waals surface area contributed by atoms with Crippen LogP contribution >= 0.6 is 15.9 Å². The largest absolute Gasteiger partial charge is 0.327 e. The summed E-state index contributed by atoms with van der Waals surface area (Å²) in [5.74, 6) is 0. The van der Waals surface area contributed by atoms with Gasteiger partial charge in [-0.05, 0) is 5.56 Å². The summed E-state index contributed by atoms with van der Waals surface area (Å²) in [5, 5.41) is 8.66. The van der Waals surface area contributed by atoms with Gasteiger partial charge in [0.05, 0.1) is 0 Å². The Morgan fingerprint density at radius 3 is 2.71 bits per heavy atom. The van der Waals surface area contributed by atoms with E-state index in [2.05, 4.69) is 20.9 Å². The molecular weight excluding hydrogens is 258 g/mol. The zero-order valence-corrected chi connectivity index (χ0v) is 8.44. The summed E-state index contributed by atoms with van der Waals surface area (Å²) in [6, 6.07) is 1.60. The van der Waals surface area contributed by atoms with Gasteiger partial charge >= 0.3 is 0 Å². The summed E-state index contributed by atoms with van der Waals surface area (Å²) in [7, 11) is 0. The van der Waals surface area contributed by atoms with Gasteiger partial charge in [-0.2, -0.15) is 5.26 Å². The maximum atomic E-state index is 12.4. The standard InChI is InChI=1S/C8H5BrF2N2O/c9-1-4-5(2-12)8(14)13-3-6(4)7(10)11/h3,7H,1H2,(H,13,14). The zero-order chi connectivity index (χ0) is 10.7. The zero-order valence-electron chi connectivity index (χ0n) is 6.85. The third-order valence-corrected chi connectivity index (χ3v) is 2.28. The summed E-state index contributed by atoms with van der Waals surface area (Å²) in [6.07, 6.45) is -1.77. The highest BCUT2D eigenvalue weighted by Gasteiger charge is 2.17. The van der Waals surface area contributed by atoms with Crippen molar-refractivity contribution in [3.63, 3.8) is 0 Å². The normalized spacial score (nSPS) is 10.2. The first-order chi connectivity index (χ1) is 6.61. The van der Waals surface area contributed by atoms with E-state index in [-0.39, 0.29) is 22.0 Å². The molecule has 6 heteroatoms. The molecular formula is C8H5BrF2N2O. The lowest BCUT2D eigenvalue weighted by Crippen LogP contribution is -2.14. The van der Waals surface area contributed by atoms with E-state index in [4.69, 9.17) is 5.26 Å². The molecule has 1 N–H and O–H groups in total. The van der Waals surface area contributed by atoms with E-state index in [1.54, 1.807) is 6.07 Å². The van der Waals surface area contributed by atoms with Crippen LogP contribution in [0.25, 0.3) is 0 Å². The average Bonchev–Trinajstić information content (AvgIpc) is 2.16. The fourth-order valence-corrected chi connectivity index (χ4v) is 1.64. The highest BCUT2D eigenvalue weighted by Crippen LogP contribution is 2.24. The highest BCUT2D eigenvalue weighted by molar-refractivity contribution is 9.08. The number of hydrogen-bond donors (Lipinski definition) is 1. The van der Waals surface area contributed by atoms with Crippen molar-refractivity contribution in [2.24, 2.45) is 0 Å².